The Kier molecular flexibility index (Phi) is 6.74. The Labute approximate surface area is 184 Å². The maximum Gasteiger partial charge on any atom is 0.137 e. The first-order valence-electron chi connectivity index (χ1n) is 10.8. The van der Waals surface area contributed by atoms with Crippen molar-refractivity contribution in [3.63, 3.8) is 0 Å². The standard InChI is InChI=1S/C24H31N7/c1-20-25-11-12-31(20)23-9-5-4-8-22(23)27-19-21-7-6-10-26-24(21)30-17-15-29(16-18-30)14-13-28(2)3/h4-12,19H,13-18H2,1-3H3/b27-19+. The average Bonchev–Trinajstić information content (AvgIpc) is 3.22. The van der Waals surface area contributed by atoms with Crippen LogP contribution in [0.4, 0.5) is 11.5 Å². The lowest BCUT2D eigenvalue weighted by Gasteiger charge is -2.36. The quantitative estimate of drug-likeness (QED) is 0.553. The van der Waals surface area contributed by atoms with E-state index in [1.165, 1.54) is 0 Å². The second-order valence-electron chi connectivity index (χ2n) is 8.14. The molecular weight excluding hydrogens is 386 g/mol. The molecule has 4 rings (SSSR count). The topological polar surface area (TPSA) is 52.8 Å². The van der Waals surface area contributed by atoms with Gasteiger partial charge in [0.05, 0.1) is 11.4 Å². The van der Waals surface area contributed by atoms with Gasteiger partial charge in [-0.2, -0.15) is 0 Å². The molecule has 0 N–H and O–H groups in total. The number of imidazole rings is 1. The SMILES string of the molecule is Cc1nccn1-c1ccccc1/N=C/c1cccnc1N1CCN(CCN(C)C)CC1. The third kappa shape index (κ3) is 5.18. The highest BCUT2D eigenvalue weighted by atomic mass is 15.3. The molecule has 162 valence electrons. The first kappa shape index (κ1) is 21.2. The fourth-order valence-corrected chi connectivity index (χ4v) is 3.85. The predicted molar refractivity (Wildman–Crippen MR) is 127 cm³/mol. The molecule has 1 saturated heterocycles. The van der Waals surface area contributed by atoms with E-state index >= 15 is 0 Å². The average molecular weight is 418 g/mol. The van der Waals surface area contributed by atoms with Crippen molar-refractivity contribution in [3.05, 3.63) is 66.4 Å². The van der Waals surface area contributed by atoms with E-state index < -0.39 is 0 Å². The van der Waals surface area contributed by atoms with Gasteiger partial charge < -0.3 is 14.4 Å². The van der Waals surface area contributed by atoms with Gasteiger partial charge >= 0.3 is 0 Å². The first-order valence-corrected chi connectivity index (χ1v) is 10.8. The smallest absolute Gasteiger partial charge is 0.137 e. The molecular formula is C24H31N7. The number of nitrogens with zero attached hydrogens (tertiary/aromatic N) is 7. The highest BCUT2D eigenvalue weighted by molar-refractivity contribution is 5.89. The number of aromatic nitrogens is 3. The van der Waals surface area contributed by atoms with E-state index in [1.54, 1.807) is 0 Å². The van der Waals surface area contributed by atoms with E-state index in [-0.39, 0.29) is 0 Å². The van der Waals surface area contributed by atoms with Crippen LogP contribution < -0.4 is 4.90 Å². The van der Waals surface area contributed by atoms with E-state index in [1.807, 2.05) is 56.0 Å². The molecule has 3 heterocycles. The second-order valence-corrected chi connectivity index (χ2v) is 8.14. The molecule has 0 bridgehead atoms. The van der Waals surface area contributed by atoms with E-state index in [0.29, 0.717) is 0 Å². The zero-order valence-electron chi connectivity index (χ0n) is 18.6. The number of benzene rings is 1. The Morgan fingerprint density at radius 2 is 1.81 bits per heavy atom. The maximum absolute atomic E-state index is 4.84. The number of para-hydroxylation sites is 2. The molecule has 1 aliphatic rings. The number of pyridine rings is 1. The Hall–Kier alpha value is -3.03. The number of aliphatic imine (C=N–C) groups is 1. The highest BCUT2D eigenvalue weighted by Gasteiger charge is 2.19. The van der Waals surface area contributed by atoms with Crippen molar-refractivity contribution in [2.24, 2.45) is 4.99 Å². The lowest BCUT2D eigenvalue weighted by Crippen LogP contribution is -2.48. The fourth-order valence-electron chi connectivity index (χ4n) is 3.85. The molecule has 0 saturated carbocycles. The van der Waals surface area contributed by atoms with Crippen LogP contribution in [0.2, 0.25) is 0 Å². The monoisotopic (exact) mass is 417 g/mol. The van der Waals surface area contributed by atoms with Gasteiger partial charge in [0.2, 0.25) is 0 Å². The fraction of sp³-hybridized carbons (Fsp3) is 0.375. The number of hydrogen-bond donors (Lipinski definition) is 0. The van der Waals surface area contributed by atoms with E-state index in [2.05, 4.69) is 50.5 Å². The van der Waals surface area contributed by atoms with Gasteiger partial charge in [0, 0.05) is 69.6 Å². The summed E-state index contributed by atoms with van der Waals surface area (Å²) in [6.07, 6.45) is 7.59. The molecule has 1 aliphatic heterocycles. The van der Waals surface area contributed by atoms with E-state index in [9.17, 15) is 0 Å². The summed E-state index contributed by atoms with van der Waals surface area (Å²) < 4.78 is 2.06. The number of piperazine rings is 1. The van der Waals surface area contributed by atoms with Crippen LogP contribution >= 0.6 is 0 Å². The molecule has 31 heavy (non-hydrogen) atoms. The van der Waals surface area contributed by atoms with E-state index in [0.717, 1.165) is 67.8 Å². The third-order valence-corrected chi connectivity index (χ3v) is 5.66. The summed E-state index contributed by atoms with van der Waals surface area (Å²) in [7, 11) is 4.25. The van der Waals surface area contributed by atoms with Crippen LogP contribution in [0.3, 0.4) is 0 Å². The minimum atomic E-state index is 0.909. The summed E-state index contributed by atoms with van der Waals surface area (Å²) in [6, 6.07) is 12.2. The number of rotatable bonds is 7. The normalized spacial score (nSPS) is 15.3. The summed E-state index contributed by atoms with van der Waals surface area (Å²) in [5.41, 5.74) is 2.97. The van der Waals surface area contributed by atoms with Gasteiger partial charge in [-0.25, -0.2) is 9.97 Å². The lowest BCUT2D eigenvalue weighted by atomic mass is 10.2. The van der Waals surface area contributed by atoms with Gasteiger partial charge in [-0.05, 0) is 45.3 Å². The summed E-state index contributed by atoms with van der Waals surface area (Å²) >= 11 is 0. The van der Waals surface area contributed by atoms with E-state index in [4.69, 9.17) is 9.98 Å². The van der Waals surface area contributed by atoms with Gasteiger partial charge in [-0.3, -0.25) is 9.89 Å². The van der Waals surface area contributed by atoms with Crippen molar-refractivity contribution >= 4 is 17.7 Å². The summed E-state index contributed by atoms with van der Waals surface area (Å²) in [5, 5.41) is 0. The van der Waals surface area contributed by atoms with Crippen LogP contribution in [-0.2, 0) is 0 Å². The Bertz CT molecular complexity index is 1020. The maximum atomic E-state index is 4.84. The van der Waals surface area contributed by atoms with Crippen LogP contribution in [0.25, 0.3) is 5.69 Å². The second kappa shape index (κ2) is 9.85. The van der Waals surface area contributed by atoms with Gasteiger partial charge in [0.25, 0.3) is 0 Å². The van der Waals surface area contributed by atoms with Crippen LogP contribution in [0, 0.1) is 6.92 Å². The van der Waals surface area contributed by atoms with Gasteiger partial charge in [-0.1, -0.05) is 12.1 Å². The third-order valence-electron chi connectivity index (χ3n) is 5.66. The molecule has 1 fully saturated rings. The van der Waals surface area contributed by atoms with Crippen molar-refractivity contribution < 1.29 is 0 Å². The molecule has 0 amide bonds. The summed E-state index contributed by atoms with van der Waals surface area (Å²) in [5.74, 6) is 1.95. The van der Waals surface area contributed by atoms with Gasteiger partial charge in [0.15, 0.2) is 0 Å². The summed E-state index contributed by atoms with van der Waals surface area (Å²) in [6.45, 7) is 8.29. The Balaban J connectivity index is 1.51. The van der Waals surface area contributed by atoms with Crippen LogP contribution in [-0.4, -0.2) is 83.9 Å². The molecule has 1 aromatic carbocycles. The van der Waals surface area contributed by atoms with Crippen LogP contribution in [0.1, 0.15) is 11.4 Å². The van der Waals surface area contributed by atoms with Crippen LogP contribution in [0.5, 0.6) is 0 Å². The highest BCUT2D eigenvalue weighted by Crippen LogP contribution is 2.25. The zero-order valence-corrected chi connectivity index (χ0v) is 18.6. The van der Waals surface area contributed by atoms with Gasteiger partial charge in [0.1, 0.15) is 11.6 Å². The molecule has 0 aliphatic carbocycles. The number of aryl methyl sites for hydroxylation is 1. The first-order chi connectivity index (χ1) is 15.1. The number of hydrogen-bond acceptors (Lipinski definition) is 6. The van der Waals surface area contributed by atoms with Crippen molar-refractivity contribution in [2.45, 2.75) is 6.92 Å². The molecule has 0 spiro atoms. The van der Waals surface area contributed by atoms with Crippen molar-refractivity contribution in [2.75, 3.05) is 58.3 Å². The predicted octanol–water partition coefficient (Wildman–Crippen LogP) is 3.01. The zero-order chi connectivity index (χ0) is 21.6. The summed E-state index contributed by atoms with van der Waals surface area (Å²) in [4.78, 5) is 21.0. The molecule has 3 aromatic rings. The molecule has 0 atom stereocenters. The lowest BCUT2D eigenvalue weighted by molar-refractivity contribution is 0.229. The molecule has 7 heteroatoms. The van der Waals surface area contributed by atoms with Gasteiger partial charge in [-0.15, -0.1) is 0 Å². The Morgan fingerprint density at radius 3 is 2.55 bits per heavy atom. The molecule has 7 nitrogen and oxygen atoms in total. The minimum Gasteiger partial charge on any atom is -0.354 e. The molecule has 2 aromatic heterocycles. The number of likely N-dealkylation sites (N-methyl/N-ethyl adjacent to an activating group) is 1. The molecule has 0 unspecified atom stereocenters. The largest absolute Gasteiger partial charge is 0.354 e. The minimum absolute atomic E-state index is 0.909. The number of anilines is 1. The van der Waals surface area contributed by atoms with Crippen LogP contribution in [0.15, 0.2) is 60.0 Å². The molecule has 0 radical (unpaired) electrons. The Morgan fingerprint density at radius 1 is 1.00 bits per heavy atom. The van der Waals surface area contributed by atoms with Crippen molar-refractivity contribution in [1.82, 2.24) is 24.3 Å². The van der Waals surface area contributed by atoms with Crippen molar-refractivity contribution in [3.8, 4) is 5.69 Å². The van der Waals surface area contributed by atoms with Crippen molar-refractivity contribution in [1.29, 1.82) is 0 Å².